The zero-order chi connectivity index (χ0) is 6.57. The third kappa shape index (κ3) is 2.80. The van der Waals surface area contributed by atoms with Gasteiger partial charge in [0.25, 0.3) is 0 Å². The van der Waals surface area contributed by atoms with E-state index < -0.39 is 0 Å². The minimum atomic E-state index is -0.0556. The Morgan fingerprint density at radius 3 is 2.38 bits per heavy atom. The van der Waals surface area contributed by atoms with E-state index in [0.29, 0.717) is 6.29 Å². The predicted molar refractivity (Wildman–Crippen MR) is 36.8 cm³/mol. The summed E-state index contributed by atoms with van der Waals surface area (Å²) in [7, 11) is 5.82. The molecule has 0 fully saturated rings. The van der Waals surface area contributed by atoms with Crippen molar-refractivity contribution in [3.8, 4) is 0 Å². The molecule has 0 aliphatic carbocycles. The molecule has 0 aromatic carbocycles. The molecular formula is C4H11N2OP. The lowest BCUT2D eigenvalue weighted by molar-refractivity contribution is 0.219. The fourth-order valence-electron chi connectivity index (χ4n) is 0.245. The molecule has 3 nitrogen and oxygen atoms in total. The minimum absolute atomic E-state index is 0.0556. The van der Waals surface area contributed by atoms with Gasteiger partial charge in [-0.1, -0.05) is 0 Å². The Labute approximate surface area is 51.6 Å². The molecule has 0 aliphatic heterocycles. The highest BCUT2D eigenvalue weighted by Gasteiger charge is 1.96. The second-order valence-corrected chi connectivity index (χ2v) is 1.99. The molecular weight excluding hydrogens is 123 g/mol. The molecule has 1 atom stereocenters. The maximum Gasteiger partial charge on any atom is 0.317 e. The van der Waals surface area contributed by atoms with Gasteiger partial charge in [-0.15, -0.1) is 9.24 Å². The maximum absolute atomic E-state index is 10.5. The van der Waals surface area contributed by atoms with E-state index in [1.165, 1.54) is 4.90 Å². The lowest BCUT2D eigenvalue weighted by Crippen LogP contribution is -2.33. The molecule has 0 heterocycles. The quantitative estimate of drug-likeness (QED) is 0.506. The first-order valence-electron chi connectivity index (χ1n) is 2.33. The van der Waals surface area contributed by atoms with Crippen LogP contribution in [0.1, 0.15) is 0 Å². The largest absolute Gasteiger partial charge is 0.335 e. The topological polar surface area (TPSA) is 32.3 Å². The zero-order valence-electron chi connectivity index (χ0n) is 5.14. The van der Waals surface area contributed by atoms with Crippen molar-refractivity contribution in [3.05, 3.63) is 0 Å². The van der Waals surface area contributed by atoms with Gasteiger partial charge in [-0.3, -0.25) is 0 Å². The van der Waals surface area contributed by atoms with Crippen molar-refractivity contribution in [2.45, 2.75) is 0 Å². The summed E-state index contributed by atoms with van der Waals surface area (Å²) in [6, 6.07) is -0.0556. The average Bonchev–Trinajstić information content (AvgIpc) is 1.67. The predicted octanol–water partition coefficient (Wildman–Crippen LogP) is 0.0902. The summed E-state index contributed by atoms with van der Waals surface area (Å²) in [6.45, 7) is 0. The highest BCUT2D eigenvalue weighted by molar-refractivity contribution is 7.16. The Morgan fingerprint density at radius 2 is 2.25 bits per heavy atom. The Hall–Kier alpha value is -0.300. The summed E-state index contributed by atoms with van der Waals surface area (Å²) in [6.07, 6.45) is 0.608. The molecule has 0 saturated carbocycles. The van der Waals surface area contributed by atoms with E-state index in [-0.39, 0.29) is 6.03 Å². The van der Waals surface area contributed by atoms with Crippen LogP contribution in [-0.4, -0.2) is 31.3 Å². The second-order valence-electron chi connectivity index (χ2n) is 1.58. The van der Waals surface area contributed by atoms with Crippen LogP contribution in [0, 0.1) is 0 Å². The van der Waals surface area contributed by atoms with Crippen LogP contribution in [0.15, 0.2) is 0 Å². The third-order valence-corrected chi connectivity index (χ3v) is 0.864. The van der Waals surface area contributed by atoms with E-state index in [2.05, 4.69) is 14.6 Å². The summed E-state index contributed by atoms with van der Waals surface area (Å²) < 4.78 is 0. The summed E-state index contributed by atoms with van der Waals surface area (Å²) in [4.78, 5) is 12.0. The van der Waals surface area contributed by atoms with Crippen molar-refractivity contribution in [1.82, 2.24) is 10.2 Å². The van der Waals surface area contributed by atoms with E-state index >= 15 is 0 Å². The Balaban J connectivity index is 3.33. The molecule has 4 heteroatoms. The highest BCUT2D eigenvalue weighted by atomic mass is 31.0. The molecule has 1 unspecified atom stereocenters. The summed E-state index contributed by atoms with van der Waals surface area (Å²) in [5, 5.41) is 2.59. The summed E-state index contributed by atoms with van der Waals surface area (Å²) in [5.41, 5.74) is 0. The van der Waals surface area contributed by atoms with Crippen molar-refractivity contribution in [2.75, 3.05) is 20.4 Å². The number of carbonyl (C=O) groups is 1. The molecule has 0 aliphatic rings. The van der Waals surface area contributed by atoms with Gasteiger partial charge >= 0.3 is 6.03 Å². The first-order valence-corrected chi connectivity index (χ1v) is 3.15. The Morgan fingerprint density at radius 1 is 1.75 bits per heavy atom. The Kier molecular flexibility index (Phi) is 3.53. The SMILES string of the molecule is CN(C)C(=O)NCP. The third-order valence-electron chi connectivity index (χ3n) is 0.659. The number of amides is 2. The number of nitrogens with zero attached hydrogens (tertiary/aromatic N) is 1. The molecule has 2 amide bonds. The van der Waals surface area contributed by atoms with E-state index in [1.807, 2.05) is 0 Å². The molecule has 1 N–H and O–H groups in total. The molecule has 0 saturated heterocycles. The van der Waals surface area contributed by atoms with Crippen LogP contribution in [0.3, 0.4) is 0 Å². The van der Waals surface area contributed by atoms with E-state index in [0.717, 1.165) is 0 Å². The van der Waals surface area contributed by atoms with Crippen molar-refractivity contribution in [2.24, 2.45) is 0 Å². The number of urea groups is 1. The average molecular weight is 134 g/mol. The molecule has 0 bridgehead atoms. The van der Waals surface area contributed by atoms with Gasteiger partial charge in [0, 0.05) is 20.4 Å². The minimum Gasteiger partial charge on any atom is -0.335 e. The fourth-order valence-corrected chi connectivity index (χ4v) is 0.420. The van der Waals surface area contributed by atoms with Gasteiger partial charge in [-0.05, 0) is 0 Å². The van der Waals surface area contributed by atoms with E-state index in [9.17, 15) is 4.79 Å². The van der Waals surface area contributed by atoms with Crippen LogP contribution in [0.5, 0.6) is 0 Å². The maximum atomic E-state index is 10.5. The lowest BCUT2D eigenvalue weighted by atomic mass is 10.8. The molecule has 0 aromatic heterocycles. The number of rotatable bonds is 1. The second kappa shape index (κ2) is 3.67. The van der Waals surface area contributed by atoms with Gasteiger partial charge < -0.3 is 10.2 Å². The molecule has 8 heavy (non-hydrogen) atoms. The van der Waals surface area contributed by atoms with Gasteiger partial charge in [0.05, 0.1) is 0 Å². The van der Waals surface area contributed by atoms with Crippen LogP contribution >= 0.6 is 9.24 Å². The Bertz CT molecular complexity index is 84.1. The van der Waals surface area contributed by atoms with Crippen LogP contribution < -0.4 is 5.32 Å². The summed E-state index contributed by atoms with van der Waals surface area (Å²) >= 11 is 0. The van der Waals surface area contributed by atoms with Crippen LogP contribution in [0.25, 0.3) is 0 Å². The lowest BCUT2D eigenvalue weighted by Gasteiger charge is -2.09. The highest BCUT2D eigenvalue weighted by Crippen LogP contribution is 1.78. The molecule has 48 valence electrons. The molecule has 0 radical (unpaired) electrons. The van der Waals surface area contributed by atoms with Gasteiger partial charge in [0.2, 0.25) is 0 Å². The van der Waals surface area contributed by atoms with Crippen molar-refractivity contribution in [1.29, 1.82) is 0 Å². The monoisotopic (exact) mass is 134 g/mol. The fraction of sp³-hybridized carbons (Fsp3) is 0.750. The smallest absolute Gasteiger partial charge is 0.317 e. The summed E-state index contributed by atoms with van der Waals surface area (Å²) in [5.74, 6) is 0. The molecule has 0 rings (SSSR count). The first-order chi connectivity index (χ1) is 3.68. The standard InChI is InChI=1S/C4H11N2OP/c1-6(2)4(7)5-3-8/h3,8H2,1-2H3,(H,5,7). The van der Waals surface area contributed by atoms with Crippen LogP contribution in [0.2, 0.25) is 0 Å². The number of hydrogen-bond donors (Lipinski definition) is 1. The van der Waals surface area contributed by atoms with Gasteiger partial charge in [0.15, 0.2) is 0 Å². The zero-order valence-corrected chi connectivity index (χ0v) is 6.29. The van der Waals surface area contributed by atoms with Crippen molar-refractivity contribution >= 4 is 15.3 Å². The number of nitrogens with one attached hydrogen (secondary N) is 1. The number of hydrogen-bond acceptors (Lipinski definition) is 1. The van der Waals surface area contributed by atoms with E-state index in [1.54, 1.807) is 14.1 Å². The van der Waals surface area contributed by atoms with Crippen molar-refractivity contribution < 1.29 is 4.79 Å². The van der Waals surface area contributed by atoms with Gasteiger partial charge in [-0.2, -0.15) is 0 Å². The number of carbonyl (C=O) groups excluding carboxylic acids is 1. The van der Waals surface area contributed by atoms with Crippen LogP contribution in [0.4, 0.5) is 4.79 Å². The normalized spacial score (nSPS) is 8.38. The van der Waals surface area contributed by atoms with Crippen LogP contribution in [-0.2, 0) is 0 Å². The van der Waals surface area contributed by atoms with Gasteiger partial charge in [0.1, 0.15) is 0 Å². The first kappa shape index (κ1) is 7.70. The molecule has 0 aromatic rings. The van der Waals surface area contributed by atoms with E-state index in [4.69, 9.17) is 0 Å². The molecule has 0 spiro atoms. The van der Waals surface area contributed by atoms with Crippen molar-refractivity contribution in [3.63, 3.8) is 0 Å². The van der Waals surface area contributed by atoms with Gasteiger partial charge in [-0.25, -0.2) is 4.79 Å².